The number of H-pyrrole nitrogens is 1. The summed E-state index contributed by atoms with van der Waals surface area (Å²) in [5, 5.41) is 9.78. The second kappa shape index (κ2) is 16.7. The summed E-state index contributed by atoms with van der Waals surface area (Å²) in [4.78, 5) is 15.7. The highest BCUT2D eigenvalue weighted by Gasteiger charge is 2.38. The molecule has 2 aliphatic rings. The SMILES string of the molecule is BrCc1cccc[nH+]1.Cc1cncc([C@H]2C[C@@H]2CO)c1.Cc1cncc([C@H]2C[C@@H]2COCc2ccccn2)c1.[Br-]. The molecule has 2 saturated carbocycles. The molecule has 0 saturated heterocycles. The first kappa shape index (κ1) is 32.0. The third-order valence-electron chi connectivity index (χ3n) is 6.95. The number of nitrogens with one attached hydrogen (secondary N) is 1. The zero-order chi connectivity index (χ0) is 27.5. The Kier molecular flexibility index (Phi) is 13.3. The summed E-state index contributed by atoms with van der Waals surface area (Å²) in [6.45, 7) is 5.88. The van der Waals surface area contributed by atoms with E-state index in [1.54, 1.807) is 6.20 Å². The van der Waals surface area contributed by atoms with Crippen molar-refractivity contribution in [3.8, 4) is 0 Å². The lowest BCUT2D eigenvalue weighted by Crippen LogP contribution is -3.00. The molecule has 2 fully saturated rings. The molecule has 0 amide bonds. The second-order valence-electron chi connectivity index (χ2n) is 10.3. The predicted octanol–water partition coefficient (Wildman–Crippen LogP) is 2.99. The van der Waals surface area contributed by atoms with Gasteiger partial charge in [-0.05, 0) is 84.7 Å². The highest BCUT2D eigenvalue weighted by atomic mass is 79.9. The number of rotatable bonds is 8. The van der Waals surface area contributed by atoms with E-state index >= 15 is 0 Å². The molecule has 4 heterocycles. The summed E-state index contributed by atoms with van der Waals surface area (Å²) < 4.78 is 5.74. The Morgan fingerprint density at radius 2 is 1.55 bits per heavy atom. The number of nitrogens with zero attached hydrogens (tertiary/aromatic N) is 3. The van der Waals surface area contributed by atoms with E-state index in [2.05, 4.69) is 54.9 Å². The minimum atomic E-state index is 0. The molecule has 2 aliphatic carbocycles. The van der Waals surface area contributed by atoms with Crippen molar-refractivity contribution in [1.29, 1.82) is 0 Å². The molecule has 0 aliphatic heterocycles. The van der Waals surface area contributed by atoms with Crippen LogP contribution in [0.1, 0.15) is 58.3 Å². The van der Waals surface area contributed by atoms with E-state index in [4.69, 9.17) is 9.84 Å². The Morgan fingerprint density at radius 3 is 2.05 bits per heavy atom. The monoisotopic (exact) mass is 668 g/mol. The number of aliphatic hydroxyl groups is 1. The normalized spacial score (nSPS) is 20.1. The van der Waals surface area contributed by atoms with Gasteiger partial charge in [-0.1, -0.05) is 40.2 Å². The molecule has 212 valence electrons. The number of aryl methyl sites for hydroxylation is 2. The van der Waals surface area contributed by atoms with Crippen LogP contribution in [0.5, 0.6) is 0 Å². The standard InChI is InChI=1S/C16H18N2O.C10H13NO.C6H6BrN.BrH/c1-12-6-13(9-17-8-12)16-7-14(16)10-19-11-15-4-2-3-5-18-15;1-7-2-8(5-11-4-7)10-3-9(10)6-12;7-5-6-3-1-2-4-8-6;/h2-6,8-9,14,16H,7,10-11H2,1H3;2,4-5,9-10,12H,3,6H2,1H3;1-4H,5H2;1H/t14-,16-;9-,10-;;/m11../s1. The van der Waals surface area contributed by atoms with E-state index in [9.17, 15) is 0 Å². The maximum absolute atomic E-state index is 8.89. The molecule has 0 unspecified atom stereocenters. The lowest BCUT2D eigenvalue weighted by Gasteiger charge is -2.04. The Balaban J connectivity index is 0.000000180. The third-order valence-corrected chi connectivity index (χ3v) is 7.56. The number of hydrogen-bond donors (Lipinski definition) is 1. The van der Waals surface area contributed by atoms with Gasteiger partial charge in [0, 0.05) is 49.7 Å². The average Bonchev–Trinajstić information content (AvgIpc) is 3.90. The quantitative estimate of drug-likeness (QED) is 0.292. The molecule has 0 aromatic carbocycles. The molecule has 0 radical (unpaired) electrons. The van der Waals surface area contributed by atoms with E-state index in [0.717, 1.165) is 24.1 Å². The Hall–Kier alpha value is -2.52. The van der Waals surface area contributed by atoms with Gasteiger partial charge in [-0.3, -0.25) is 15.0 Å². The smallest absolute Gasteiger partial charge is 0.190 e. The van der Waals surface area contributed by atoms with Gasteiger partial charge >= 0.3 is 0 Å². The van der Waals surface area contributed by atoms with Gasteiger partial charge in [0.25, 0.3) is 0 Å². The lowest BCUT2D eigenvalue weighted by molar-refractivity contribution is -0.388. The fourth-order valence-corrected chi connectivity index (χ4v) is 4.92. The van der Waals surface area contributed by atoms with Crippen LogP contribution >= 0.6 is 15.9 Å². The van der Waals surface area contributed by atoms with Crippen molar-refractivity contribution in [2.75, 3.05) is 13.2 Å². The van der Waals surface area contributed by atoms with Gasteiger partial charge < -0.3 is 26.8 Å². The van der Waals surface area contributed by atoms with E-state index in [-0.39, 0.29) is 17.0 Å². The largest absolute Gasteiger partial charge is 1.00 e. The minimum absolute atomic E-state index is 0. The number of pyridine rings is 4. The first-order valence-electron chi connectivity index (χ1n) is 13.5. The molecule has 6 rings (SSSR count). The average molecular weight is 670 g/mol. The number of halogens is 2. The van der Waals surface area contributed by atoms with Crippen LogP contribution in [0.3, 0.4) is 0 Å². The van der Waals surface area contributed by atoms with Crippen LogP contribution < -0.4 is 22.0 Å². The predicted molar refractivity (Wildman–Crippen MR) is 156 cm³/mol. The van der Waals surface area contributed by atoms with E-state index in [1.807, 2.05) is 74.3 Å². The van der Waals surface area contributed by atoms with E-state index in [1.165, 1.54) is 34.4 Å². The molecular weight excluding hydrogens is 632 g/mol. The maximum Gasteiger partial charge on any atom is 0.190 e. The van der Waals surface area contributed by atoms with Crippen LogP contribution in [-0.4, -0.2) is 33.3 Å². The third kappa shape index (κ3) is 10.5. The van der Waals surface area contributed by atoms with Crippen molar-refractivity contribution in [2.24, 2.45) is 11.8 Å². The van der Waals surface area contributed by atoms with Crippen LogP contribution in [0.4, 0.5) is 0 Å². The fourth-order valence-electron chi connectivity index (χ4n) is 4.57. The van der Waals surface area contributed by atoms with Crippen LogP contribution in [0, 0.1) is 25.7 Å². The number of hydrogen-bond acceptors (Lipinski definition) is 5. The molecule has 8 heteroatoms. The van der Waals surface area contributed by atoms with Crippen LogP contribution in [0.15, 0.2) is 85.7 Å². The zero-order valence-corrected chi connectivity index (χ0v) is 26.3. The number of aromatic amines is 1. The Morgan fingerprint density at radius 1 is 0.900 bits per heavy atom. The van der Waals surface area contributed by atoms with Crippen molar-refractivity contribution in [3.05, 3.63) is 119 Å². The highest BCUT2D eigenvalue weighted by molar-refractivity contribution is 9.08. The summed E-state index contributed by atoms with van der Waals surface area (Å²) in [5.41, 5.74) is 7.28. The highest BCUT2D eigenvalue weighted by Crippen LogP contribution is 2.47. The fraction of sp³-hybridized carbons (Fsp3) is 0.375. The number of ether oxygens (including phenoxy) is 1. The molecule has 0 bridgehead atoms. The molecule has 0 spiro atoms. The van der Waals surface area contributed by atoms with Crippen molar-refractivity contribution in [3.63, 3.8) is 0 Å². The van der Waals surface area contributed by atoms with E-state index < -0.39 is 0 Å². The van der Waals surface area contributed by atoms with Gasteiger partial charge in [0.2, 0.25) is 0 Å². The summed E-state index contributed by atoms with van der Waals surface area (Å²) in [6.07, 6.45) is 13.7. The molecule has 2 N–H and O–H groups in total. The minimum Gasteiger partial charge on any atom is -1.00 e. The number of alkyl halides is 1. The van der Waals surface area contributed by atoms with E-state index in [0.29, 0.717) is 36.9 Å². The van der Waals surface area contributed by atoms with Crippen LogP contribution in [0.25, 0.3) is 0 Å². The first-order valence-corrected chi connectivity index (χ1v) is 14.6. The van der Waals surface area contributed by atoms with Crippen LogP contribution in [-0.2, 0) is 16.7 Å². The van der Waals surface area contributed by atoms with Gasteiger partial charge in [0.1, 0.15) is 0 Å². The maximum atomic E-state index is 8.89. The molecule has 6 nitrogen and oxygen atoms in total. The molecule has 4 aromatic heterocycles. The topological polar surface area (TPSA) is 82.3 Å². The number of aliphatic hydroxyl groups excluding tert-OH is 1. The van der Waals surface area contributed by atoms with Crippen LogP contribution in [0.2, 0.25) is 0 Å². The van der Waals surface area contributed by atoms with Gasteiger partial charge in [-0.25, -0.2) is 4.98 Å². The summed E-state index contributed by atoms with van der Waals surface area (Å²) >= 11 is 3.33. The van der Waals surface area contributed by atoms with Gasteiger partial charge in [0.05, 0.1) is 24.2 Å². The zero-order valence-electron chi connectivity index (χ0n) is 23.1. The molecular formula is C32H38Br2N4O2. The van der Waals surface area contributed by atoms with Crippen molar-refractivity contribution < 1.29 is 31.8 Å². The van der Waals surface area contributed by atoms with Crippen molar-refractivity contribution in [2.45, 2.75) is 50.5 Å². The summed E-state index contributed by atoms with van der Waals surface area (Å²) in [6, 6.07) is 16.3. The number of aromatic nitrogens is 4. The lowest BCUT2D eigenvalue weighted by atomic mass is 10.1. The molecule has 4 aromatic rings. The second-order valence-corrected chi connectivity index (χ2v) is 10.9. The van der Waals surface area contributed by atoms with Gasteiger partial charge in [0.15, 0.2) is 11.9 Å². The summed E-state index contributed by atoms with van der Waals surface area (Å²) in [5.74, 6) is 2.35. The van der Waals surface area contributed by atoms with Crippen molar-refractivity contribution >= 4 is 15.9 Å². The van der Waals surface area contributed by atoms with Gasteiger partial charge in [-0.2, -0.15) is 0 Å². The summed E-state index contributed by atoms with van der Waals surface area (Å²) in [7, 11) is 0. The van der Waals surface area contributed by atoms with Gasteiger partial charge in [-0.15, -0.1) is 0 Å². The Bertz CT molecular complexity index is 1280. The molecule has 4 atom stereocenters. The van der Waals surface area contributed by atoms with Crippen molar-refractivity contribution in [1.82, 2.24) is 15.0 Å². The Labute approximate surface area is 256 Å². The molecule has 40 heavy (non-hydrogen) atoms. The first-order chi connectivity index (χ1) is 19.1.